The van der Waals surface area contributed by atoms with Crippen LogP contribution in [0.1, 0.15) is 0 Å². The molecule has 13 heteroatoms. The van der Waals surface area contributed by atoms with Gasteiger partial charge in [0.05, 0.1) is 19.2 Å². The van der Waals surface area contributed by atoms with Gasteiger partial charge in [-0.05, 0) is 35.9 Å². The molecule has 0 bridgehead atoms. The summed E-state index contributed by atoms with van der Waals surface area (Å²) in [7, 11) is -0.763. The van der Waals surface area contributed by atoms with Gasteiger partial charge in [-0.1, -0.05) is 17.7 Å². The highest BCUT2D eigenvalue weighted by atomic mass is 35.5. The molecular weight excluding hydrogens is 511 g/mol. The molecule has 0 spiro atoms. The summed E-state index contributed by atoms with van der Waals surface area (Å²) in [5.74, 6) is 1.70. The fraction of sp³-hybridized carbons (Fsp3) is 0.261. The minimum atomic E-state index is -3.90. The normalized spacial score (nSPS) is 14.8. The number of fused-ring (bicyclic) bond motifs is 1. The van der Waals surface area contributed by atoms with Crippen molar-refractivity contribution in [1.82, 2.24) is 23.9 Å². The third kappa shape index (κ3) is 4.21. The number of hydrogen-bond donors (Lipinski definition) is 0. The van der Waals surface area contributed by atoms with Gasteiger partial charge in [-0.2, -0.15) is 18.9 Å². The molecule has 36 heavy (non-hydrogen) atoms. The molecule has 0 unspecified atom stereocenters. The number of nitrogens with zero attached hydrogens (tertiary/aromatic N) is 6. The zero-order chi connectivity index (χ0) is 25.4. The molecular formula is C23H22ClFN6O4S. The maximum atomic E-state index is 13.5. The van der Waals surface area contributed by atoms with Crippen molar-refractivity contribution in [2.75, 3.05) is 45.3 Å². The second-order valence-corrected chi connectivity index (χ2v) is 10.3. The molecule has 2 aromatic heterocycles. The minimum absolute atomic E-state index is 0.118. The van der Waals surface area contributed by atoms with E-state index in [-0.39, 0.29) is 23.0 Å². The molecule has 0 N–H and O–H groups in total. The SMILES string of the molecule is COc1ccc(-c2cnc3ncnn3c2N2CCN(S(=O)(=O)c3ccc(F)cc3Cl)CC2)cc1OC. The molecule has 188 valence electrons. The number of methoxy groups -OCH3 is 2. The standard InChI is InChI=1S/C23H22ClFN6O4S/c1-34-19-5-3-15(11-20(19)35-2)17-13-26-23-27-14-28-31(23)22(17)29-7-9-30(10-8-29)36(32,33)21-6-4-16(25)12-18(21)24/h3-6,11-14H,7-10H2,1-2H3. The fourth-order valence-corrected chi connectivity index (χ4v) is 6.17. The van der Waals surface area contributed by atoms with E-state index in [9.17, 15) is 12.8 Å². The minimum Gasteiger partial charge on any atom is -0.493 e. The van der Waals surface area contributed by atoms with E-state index in [1.54, 1.807) is 31.0 Å². The molecule has 0 radical (unpaired) electrons. The lowest BCUT2D eigenvalue weighted by molar-refractivity contribution is 0.355. The summed E-state index contributed by atoms with van der Waals surface area (Å²) in [6, 6.07) is 8.82. The van der Waals surface area contributed by atoms with Gasteiger partial charge in [0, 0.05) is 37.9 Å². The van der Waals surface area contributed by atoms with Crippen LogP contribution >= 0.6 is 11.6 Å². The molecule has 0 aliphatic carbocycles. The zero-order valence-corrected chi connectivity index (χ0v) is 21.0. The first kappa shape index (κ1) is 24.2. The van der Waals surface area contributed by atoms with Crippen LogP contribution in [0.2, 0.25) is 5.02 Å². The van der Waals surface area contributed by atoms with Gasteiger partial charge < -0.3 is 14.4 Å². The Kier molecular flexibility index (Phi) is 6.41. The van der Waals surface area contributed by atoms with Gasteiger partial charge in [0.25, 0.3) is 5.78 Å². The van der Waals surface area contributed by atoms with E-state index >= 15 is 0 Å². The Morgan fingerprint density at radius 1 is 0.972 bits per heavy atom. The molecule has 1 saturated heterocycles. The smallest absolute Gasteiger partial charge is 0.254 e. The molecule has 1 aliphatic rings. The Balaban J connectivity index is 1.49. The van der Waals surface area contributed by atoms with E-state index in [4.69, 9.17) is 21.1 Å². The van der Waals surface area contributed by atoms with Crippen LogP contribution in [0.5, 0.6) is 11.5 Å². The van der Waals surface area contributed by atoms with Gasteiger partial charge in [0.2, 0.25) is 10.0 Å². The largest absolute Gasteiger partial charge is 0.493 e. The summed E-state index contributed by atoms with van der Waals surface area (Å²) >= 11 is 6.04. The summed E-state index contributed by atoms with van der Waals surface area (Å²) in [6.45, 7) is 1.13. The molecule has 10 nitrogen and oxygen atoms in total. The van der Waals surface area contributed by atoms with Gasteiger partial charge in [0.15, 0.2) is 11.5 Å². The summed E-state index contributed by atoms with van der Waals surface area (Å²) in [5, 5.41) is 4.21. The summed E-state index contributed by atoms with van der Waals surface area (Å²) < 4.78 is 53.6. The van der Waals surface area contributed by atoms with Crippen molar-refractivity contribution in [2.24, 2.45) is 0 Å². The van der Waals surface area contributed by atoms with Crippen LogP contribution in [0.4, 0.5) is 10.2 Å². The van der Waals surface area contributed by atoms with E-state index in [1.807, 2.05) is 17.0 Å². The number of benzene rings is 2. The topological polar surface area (TPSA) is 102 Å². The number of rotatable bonds is 6. The number of sulfonamides is 1. The summed E-state index contributed by atoms with van der Waals surface area (Å²) in [4.78, 5) is 10.5. The number of piperazine rings is 1. The first-order valence-electron chi connectivity index (χ1n) is 10.9. The summed E-state index contributed by atoms with van der Waals surface area (Å²) in [6.07, 6.45) is 3.13. The first-order chi connectivity index (χ1) is 17.3. The Bertz CT molecular complexity index is 1540. The number of anilines is 1. The van der Waals surface area contributed by atoms with Crippen molar-refractivity contribution >= 4 is 33.2 Å². The second-order valence-electron chi connectivity index (χ2n) is 8.00. The molecule has 2 aromatic carbocycles. The highest BCUT2D eigenvalue weighted by Crippen LogP contribution is 2.37. The molecule has 4 aromatic rings. The average molecular weight is 533 g/mol. The molecule has 0 saturated carbocycles. The van der Waals surface area contributed by atoms with Crippen LogP contribution in [-0.4, -0.2) is 72.7 Å². The van der Waals surface area contributed by atoms with E-state index in [0.717, 1.165) is 29.1 Å². The van der Waals surface area contributed by atoms with Crippen molar-refractivity contribution in [3.63, 3.8) is 0 Å². The van der Waals surface area contributed by atoms with E-state index in [1.165, 1.54) is 16.7 Å². The van der Waals surface area contributed by atoms with Crippen LogP contribution in [0.15, 0.2) is 53.8 Å². The highest BCUT2D eigenvalue weighted by Gasteiger charge is 2.32. The fourth-order valence-electron chi connectivity index (χ4n) is 4.24. The Labute approximate surface area is 211 Å². The van der Waals surface area contributed by atoms with Gasteiger partial charge in [-0.25, -0.2) is 17.8 Å². The molecule has 3 heterocycles. The number of hydrogen-bond acceptors (Lipinski definition) is 8. The van der Waals surface area contributed by atoms with E-state index < -0.39 is 15.8 Å². The Morgan fingerprint density at radius 3 is 2.42 bits per heavy atom. The van der Waals surface area contributed by atoms with E-state index in [2.05, 4.69) is 15.1 Å². The lowest BCUT2D eigenvalue weighted by atomic mass is 10.1. The quantitative estimate of drug-likeness (QED) is 0.373. The van der Waals surface area contributed by atoms with Crippen LogP contribution < -0.4 is 14.4 Å². The molecule has 1 aliphatic heterocycles. The maximum Gasteiger partial charge on any atom is 0.254 e. The van der Waals surface area contributed by atoms with Gasteiger partial charge >= 0.3 is 0 Å². The van der Waals surface area contributed by atoms with Gasteiger partial charge in [-0.15, -0.1) is 0 Å². The molecule has 1 fully saturated rings. The molecule has 5 rings (SSSR count). The van der Waals surface area contributed by atoms with Crippen LogP contribution in [-0.2, 0) is 10.0 Å². The number of halogens is 2. The summed E-state index contributed by atoms with van der Waals surface area (Å²) in [5.41, 5.74) is 1.59. The Morgan fingerprint density at radius 2 is 1.72 bits per heavy atom. The lowest BCUT2D eigenvalue weighted by Crippen LogP contribution is -2.49. The van der Waals surface area contributed by atoms with Crippen molar-refractivity contribution in [3.8, 4) is 22.6 Å². The highest BCUT2D eigenvalue weighted by molar-refractivity contribution is 7.89. The van der Waals surface area contributed by atoms with Crippen LogP contribution in [0.25, 0.3) is 16.9 Å². The third-order valence-electron chi connectivity index (χ3n) is 6.02. The van der Waals surface area contributed by atoms with Crippen molar-refractivity contribution in [2.45, 2.75) is 4.90 Å². The van der Waals surface area contributed by atoms with Crippen LogP contribution in [0, 0.1) is 5.82 Å². The van der Waals surface area contributed by atoms with E-state index in [0.29, 0.717) is 30.4 Å². The van der Waals surface area contributed by atoms with Gasteiger partial charge in [-0.3, -0.25) is 0 Å². The zero-order valence-electron chi connectivity index (χ0n) is 19.4. The maximum absolute atomic E-state index is 13.5. The number of ether oxygens (including phenoxy) is 2. The lowest BCUT2D eigenvalue weighted by Gasteiger charge is -2.36. The van der Waals surface area contributed by atoms with Crippen molar-refractivity contribution in [3.05, 3.63) is 59.8 Å². The van der Waals surface area contributed by atoms with Crippen molar-refractivity contribution in [1.29, 1.82) is 0 Å². The monoisotopic (exact) mass is 532 g/mol. The van der Waals surface area contributed by atoms with Crippen LogP contribution in [0.3, 0.4) is 0 Å². The molecule has 0 atom stereocenters. The predicted octanol–water partition coefficient (Wildman–Crippen LogP) is 3.11. The second kappa shape index (κ2) is 9.52. The van der Waals surface area contributed by atoms with Crippen molar-refractivity contribution < 1.29 is 22.3 Å². The average Bonchev–Trinajstić information content (AvgIpc) is 3.36. The number of aromatic nitrogens is 4. The molecule has 0 amide bonds. The predicted molar refractivity (Wildman–Crippen MR) is 132 cm³/mol. The third-order valence-corrected chi connectivity index (χ3v) is 8.41. The van der Waals surface area contributed by atoms with Gasteiger partial charge in [0.1, 0.15) is 22.9 Å². The first-order valence-corrected chi connectivity index (χ1v) is 12.8. The Hall–Kier alpha value is -3.48.